The van der Waals surface area contributed by atoms with E-state index in [-0.39, 0.29) is 10.7 Å². The van der Waals surface area contributed by atoms with Gasteiger partial charge in [-0.2, -0.15) is 5.10 Å². The lowest BCUT2D eigenvalue weighted by Gasteiger charge is -2.10. The average molecular weight is 462 g/mol. The summed E-state index contributed by atoms with van der Waals surface area (Å²) in [5.74, 6) is 0.260. The molecule has 168 valence electrons. The summed E-state index contributed by atoms with van der Waals surface area (Å²) in [7, 11) is -3.95. The maximum Gasteiger partial charge on any atom is 0.265 e. The molecule has 0 saturated heterocycles. The van der Waals surface area contributed by atoms with Crippen molar-refractivity contribution in [2.45, 2.75) is 32.6 Å². The smallest absolute Gasteiger partial charge is 0.265 e. The normalized spacial score (nSPS) is 11.4. The van der Waals surface area contributed by atoms with Crippen molar-refractivity contribution in [3.8, 4) is 17.1 Å². The fraction of sp³-hybridized carbons (Fsp3) is 0.167. The molecule has 0 fully saturated rings. The van der Waals surface area contributed by atoms with Crippen LogP contribution >= 0.6 is 0 Å². The molecule has 2 aromatic carbocycles. The van der Waals surface area contributed by atoms with E-state index in [1.807, 2.05) is 37.3 Å². The predicted octanol–water partition coefficient (Wildman–Crippen LogP) is 4.26. The van der Waals surface area contributed by atoms with Gasteiger partial charge in [-0.15, -0.1) is 10.2 Å². The van der Waals surface area contributed by atoms with Crippen molar-refractivity contribution in [2.75, 3.05) is 4.72 Å². The van der Waals surface area contributed by atoms with Crippen LogP contribution in [0.4, 0.5) is 5.69 Å². The predicted molar refractivity (Wildman–Crippen MR) is 126 cm³/mol. The Morgan fingerprint density at radius 2 is 1.67 bits per heavy atom. The number of aromatic nitrogens is 4. The summed E-state index contributed by atoms with van der Waals surface area (Å²) in [4.78, 5) is 11.7. The van der Waals surface area contributed by atoms with Crippen LogP contribution in [0, 0.1) is 20.8 Å². The highest BCUT2D eigenvalue weighted by atomic mass is 32.2. The molecule has 0 unspecified atom stereocenters. The summed E-state index contributed by atoms with van der Waals surface area (Å²) < 4.78 is 30.3. The minimum Gasteiger partial charge on any atom is -0.295 e. The topological polar surface area (TPSA) is 107 Å². The zero-order chi connectivity index (χ0) is 23.8. The van der Waals surface area contributed by atoms with Crippen LogP contribution in [0.25, 0.3) is 17.1 Å². The Balaban J connectivity index is 1.66. The fourth-order valence-electron chi connectivity index (χ4n) is 3.56. The lowest BCUT2D eigenvalue weighted by atomic mass is 10.1. The molecular formula is C24H23N5O3S. The van der Waals surface area contributed by atoms with Crippen molar-refractivity contribution in [1.29, 1.82) is 0 Å². The van der Waals surface area contributed by atoms with E-state index in [4.69, 9.17) is 0 Å². The van der Waals surface area contributed by atoms with Crippen molar-refractivity contribution in [3.63, 3.8) is 0 Å². The average Bonchev–Trinajstić information content (AvgIpc) is 3.09. The number of carbonyl (C=O) groups excluding carboxylic acids is 1. The number of ketones is 1. The number of anilines is 1. The third kappa shape index (κ3) is 4.54. The standard InChI is InChI=1S/C24H23N5O3S/c1-15-8-10-19(11-9-15)22-12-13-23(26-25-22)29-17(3)24(16(2)27-29)33(31,32)28-21-7-5-6-20(14-21)18(4)30/h5-14,28H,1-4H3. The Morgan fingerprint density at radius 1 is 0.939 bits per heavy atom. The van der Waals surface area contributed by atoms with Crippen LogP contribution in [0.5, 0.6) is 0 Å². The van der Waals surface area contributed by atoms with Crippen LogP contribution in [-0.4, -0.2) is 34.2 Å². The molecule has 8 nitrogen and oxygen atoms in total. The molecule has 0 saturated carbocycles. The lowest BCUT2D eigenvalue weighted by molar-refractivity contribution is 0.101. The van der Waals surface area contributed by atoms with Crippen molar-refractivity contribution < 1.29 is 13.2 Å². The number of Topliss-reactive ketones (excluding diaryl/α,β-unsaturated/α-hetero) is 1. The Hall–Kier alpha value is -3.85. The Labute approximate surface area is 192 Å². The van der Waals surface area contributed by atoms with Crippen LogP contribution in [0.1, 0.15) is 34.2 Å². The number of nitrogens with zero attached hydrogens (tertiary/aromatic N) is 4. The summed E-state index contributed by atoms with van der Waals surface area (Å²) in [5, 5.41) is 12.9. The van der Waals surface area contributed by atoms with E-state index in [0.717, 1.165) is 11.1 Å². The maximum absolute atomic E-state index is 13.2. The van der Waals surface area contributed by atoms with Gasteiger partial charge in [0.05, 0.1) is 17.1 Å². The number of benzene rings is 2. The second kappa shape index (κ2) is 8.59. The van der Waals surface area contributed by atoms with Crippen molar-refractivity contribution in [2.24, 2.45) is 0 Å². The summed E-state index contributed by atoms with van der Waals surface area (Å²) in [5.41, 5.74) is 4.25. The van der Waals surface area contributed by atoms with E-state index in [1.54, 1.807) is 38.1 Å². The van der Waals surface area contributed by atoms with Crippen LogP contribution in [0.3, 0.4) is 0 Å². The van der Waals surface area contributed by atoms with Crippen LogP contribution in [0.15, 0.2) is 65.6 Å². The van der Waals surface area contributed by atoms with Crippen molar-refractivity contribution in [3.05, 3.63) is 83.2 Å². The molecule has 0 aliphatic carbocycles. The van der Waals surface area contributed by atoms with Gasteiger partial charge in [-0.25, -0.2) is 13.1 Å². The number of hydrogen-bond donors (Lipinski definition) is 1. The monoisotopic (exact) mass is 461 g/mol. The first-order valence-corrected chi connectivity index (χ1v) is 11.8. The van der Waals surface area contributed by atoms with Gasteiger partial charge in [0.2, 0.25) is 0 Å². The van der Waals surface area contributed by atoms with E-state index in [1.165, 1.54) is 17.7 Å². The number of nitrogens with one attached hydrogen (secondary N) is 1. The molecule has 33 heavy (non-hydrogen) atoms. The van der Waals surface area contributed by atoms with Gasteiger partial charge in [-0.3, -0.25) is 9.52 Å². The van der Waals surface area contributed by atoms with E-state index in [2.05, 4.69) is 20.0 Å². The molecule has 0 aliphatic rings. The molecule has 0 radical (unpaired) electrons. The number of aryl methyl sites for hydroxylation is 2. The number of sulfonamides is 1. The van der Waals surface area contributed by atoms with Crippen molar-refractivity contribution >= 4 is 21.5 Å². The molecule has 0 amide bonds. The highest BCUT2D eigenvalue weighted by Crippen LogP contribution is 2.25. The first kappa shape index (κ1) is 22.3. The van der Waals surface area contributed by atoms with Gasteiger partial charge in [-0.1, -0.05) is 42.0 Å². The Kier molecular flexibility index (Phi) is 5.82. The molecule has 4 aromatic rings. The van der Waals surface area contributed by atoms with E-state index in [9.17, 15) is 13.2 Å². The van der Waals surface area contributed by atoms with Gasteiger partial charge in [0.1, 0.15) is 4.90 Å². The Morgan fingerprint density at radius 3 is 2.30 bits per heavy atom. The lowest BCUT2D eigenvalue weighted by Crippen LogP contribution is -2.15. The maximum atomic E-state index is 13.2. The molecule has 9 heteroatoms. The fourth-order valence-corrected chi connectivity index (χ4v) is 5.01. The van der Waals surface area contributed by atoms with Crippen LogP contribution in [0.2, 0.25) is 0 Å². The van der Waals surface area contributed by atoms with Gasteiger partial charge in [-0.05, 0) is 52.0 Å². The first-order valence-electron chi connectivity index (χ1n) is 10.3. The molecular weight excluding hydrogens is 438 g/mol. The largest absolute Gasteiger partial charge is 0.295 e. The van der Waals surface area contributed by atoms with E-state index < -0.39 is 10.0 Å². The zero-order valence-corrected chi connectivity index (χ0v) is 19.5. The molecule has 2 heterocycles. The second-order valence-corrected chi connectivity index (χ2v) is 9.42. The zero-order valence-electron chi connectivity index (χ0n) is 18.7. The van der Waals surface area contributed by atoms with Gasteiger partial charge in [0.25, 0.3) is 10.0 Å². The van der Waals surface area contributed by atoms with Gasteiger partial charge in [0, 0.05) is 16.8 Å². The van der Waals surface area contributed by atoms with Crippen molar-refractivity contribution in [1.82, 2.24) is 20.0 Å². The summed E-state index contributed by atoms with van der Waals surface area (Å²) in [6.45, 7) is 6.73. The summed E-state index contributed by atoms with van der Waals surface area (Å²) in [6.07, 6.45) is 0. The van der Waals surface area contributed by atoms with Gasteiger partial charge >= 0.3 is 0 Å². The first-order chi connectivity index (χ1) is 15.7. The number of carbonyl (C=O) groups is 1. The molecule has 4 rings (SSSR count). The highest BCUT2D eigenvalue weighted by molar-refractivity contribution is 7.92. The third-order valence-electron chi connectivity index (χ3n) is 5.23. The highest BCUT2D eigenvalue weighted by Gasteiger charge is 2.26. The minimum atomic E-state index is -3.95. The van der Waals surface area contributed by atoms with Crippen LogP contribution in [-0.2, 0) is 10.0 Å². The van der Waals surface area contributed by atoms with E-state index in [0.29, 0.717) is 34.2 Å². The molecule has 2 aromatic heterocycles. The number of rotatable bonds is 6. The van der Waals surface area contributed by atoms with Gasteiger partial charge in [0.15, 0.2) is 11.6 Å². The third-order valence-corrected chi connectivity index (χ3v) is 6.86. The summed E-state index contributed by atoms with van der Waals surface area (Å²) in [6, 6.07) is 17.9. The molecule has 0 bridgehead atoms. The van der Waals surface area contributed by atoms with Crippen LogP contribution < -0.4 is 4.72 Å². The molecule has 0 aliphatic heterocycles. The SMILES string of the molecule is CC(=O)c1cccc(NS(=O)(=O)c2c(C)nn(-c3ccc(-c4ccc(C)cc4)nn3)c2C)c1. The quantitative estimate of drug-likeness (QED) is 0.430. The number of hydrogen-bond acceptors (Lipinski definition) is 6. The second-order valence-electron chi connectivity index (χ2n) is 7.80. The molecule has 0 spiro atoms. The molecule has 0 atom stereocenters. The van der Waals surface area contributed by atoms with E-state index >= 15 is 0 Å². The minimum absolute atomic E-state index is 0.0557. The Bertz CT molecular complexity index is 1440. The molecule has 1 N–H and O–H groups in total. The van der Waals surface area contributed by atoms with Gasteiger partial charge < -0.3 is 0 Å². The summed E-state index contributed by atoms with van der Waals surface area (Å²) >= 11 is 0.